The zero-order valence-electron chi connectivity index (χ0n) is 38.2. The van der Waals surface area contributed by atoms with Gasteiger partial charge in [0.15, 0.2) is 0 Å². The van der Waals surface area contributed by atoms with Crippen molar-refractivity contribution < 1.29 is 53.5 Å². The molecule has 0 bridgehead atoms. The smallest absolute Gasteiger partial charge is 0.417 e. The zero-order chi connectivity index (χ0) is 49.8. The van der Waals surface area contributed by atoms with Gasteiger partial charge in [0.25, 0.3) is 11.8 Å². The van der Waals surface area contributed by atoms with E-state index < -0.39 is 36.4 Å². The number of esters is 1. The van der Waals surface area contributed by atoms with E-state index >= 15 is 0 Å². The van der Waals surface area contributed by atoms with E-state index in [2.05, 4.69) is 27.1 Å². The number of aromatic nitrogens is 4. The number of phenols is 2. The van der Waals surface area contributed by atoms with E-state index in [4.69, 9.17) is 31.5 Å². The van der Waals surface area contributed by atoms with Gasteiger partial charge in [-0.25, -0.2) is 9.48 Å². The molecule has 7 aromatic rings. The second-order valence-corrected chi connectivity index (χ2v) is 16.9. The third-order valence-corrected chi connectivity index (χ3v) is 12.0. The van der Waals surface area contributed by atoms with Gasteiger partial charge in [-0.15, -0.1) is 11.8 Å². The molecule has 5 N–H and O–H groups in total. The van der Waals surface area contributed by atoms with E-state index in [1.54, 1.807) is 67.7 Å². The quantitative estimate of drug-likeness (QED) is 0.0268. The number of carboxylic acid groups (broad SMARTS) is 1. The molecule has 1 heterocycles. The number of amides is 3. The Morgan fingerprint density at radius 1 is 0.768 bits per heavy atom. The Balaban J connectivity index is 0.000000232. The first-order valence-corrected chi connectivity index (χ1v) is 22.6. The molecule has 20 heteroatoms. The number of anilines is 1. The number of aryl methyl sites for hydroxylation is 4. The number of nitrogens with one attached hydrogen (secondary N) is 2. The number of tetrazole rings is 1. The van der Waals surface area contributed by atoms with Crippen LogP contribution in [0.2, 0.25) is 0 Å². The van der Waals surface area contributed by atoms with Crippen LogP contribution in [0.1, 0.15) is 43.8 Å². The predicted molar refractivity (Wildman–Crippen MR) is 262 cm³/mol. The molecule has 69 heavy (non-hydrogen) atoms. The standard InChI is InChI=1S/C25H24N6O6S.C24H25NO5S/c1-15-8-4-7-11-19(15)26-23(34)18-12-20(16-9-5-6-10-17(16)22(18)33)37-25(35)30(13-21(32)36-3)14-31-24(38)29(2)27-28-31;1-15-8-9-20(16(2)12-15)30-11-5-10-25-24(29)19-13-21(31-14-22(26)27)17-6-3-4-7-18(17)23(19)28/h4-12,33H,13-14H2,1-3H3,(H,26,34);3-4,6-9,12-13,28H,5,10-11,14H2,1-2H3,(H,25,29)(H,26,27). The van der Waals surface area contributed by atoms with Crippen molar-refractivity contribution in [3.8, 4) is 23.0 Å². The highest BCUT2D eigenvalue weighted by molar-refractivity contribution is 8.00. The molecule has 0 aliphatic rings. The van der Waals surface area contributed by atoms with Gasteiger partial charge >= 0.3 is 18.0 Å². The number of carbonyl (C=O) groups excluding carboxylic acids is 4. The Labute approximate surface area is 405 Å². The highest BCUT2D eigenvalue weighted by Crippen LogP contribution is 2.38. The van der Waals surface area contributed by atoms with Crippen LogP contribution in [0.4, 0.5) is 10.5 Å². The fraction of sp³-hybridized carbons (Fsp3) is 0.224. The van der Waals surface area contributed by atoms with Crippen LogP contribution >= 0.6 is 24.0 Å². The number of hydrogen-bond acceptors (Lipinski definition) is 14. The van der Waals surface area contributed by atoms with Crippen LogP contribution in [0.25, 0.3) is 21.5 Å². The highest BCUT2D eigenvalue weighted by atomic mass is 32.2. The molecule has 0 unspecified atom stereocenters. The van der Waals surface area contributed by atoms with Gasteiger partial charge in [-0.2, -0.15) is 4.68 Å². The Morgan fingerprint density at radius 2 is 1.41 bits per heavy atom. The summed E-state index contributed by atoms with van der Waals surface area (Å²) < 4.78 is 18.9. The minimum atomic E-state index is -0.947. The van der Waals surface area contributed by atoms with E-state index in [0.29, 0.717) is 51.7 Å². The number of methoxy groups -OCH3 is 1. The second kappa shape index (κ2) is 23.2. The first kappa shape index (κ1) is 50.4. The Hall–Kier alpha value is -7.97. The van der Waals surface area contributed by atoms with Gasteiger partial charge in [0.05, 0.1) is 30.6 Å². The van der Waals surface area contributed by atoms with E-state index in [1.165, 1.54) is 28.1 Å². The van der Waals surface area contributed by atoms with Crippen LogP contribution in [0.5, 0.6) is 23.0 Å². The molecule has 0 fully saturated rings. The van der Waals surface area contributed by atoms with E-state index in [-0.39, 0.29) is 45.6 Å². The van der Waals surface area contributed by atoms with Crippen molar-refractivity contribution in [2.75, 3.05) is 37.9 Å². The molecule has 0 aliphatic heterocycles. The fourth-order valence-electron chi connectivity index (χ4n) is 6.91. The lowest BCUT2D eigenvalue weighted by Crippen LogP contribution is -2.39. The summed E-state index contributed by atoms with van der Waals surface area (Å²) in [5.41, 5.74) is 3.65. The zero-order valence-corrected chi connectivity index (χ0v) is 39.9. The van der Waals surface area contributed by atoms with Gasteiger partial charge in [0.2, 0.25) is 4.77 Å². The number of para-hydroxylation sites is 1. The first-order chi connectivity index (χ1) is 33.1. The molecule has 0 saturated heterocycles. The summed E-state index contributed by atoms with van der Waals surface area (Å²) >= 11 is 6.34. The molecule has 358 valence electrons. The van der Waals surface area contributed by atoms with Gasteiger partial charge in [-0.05, 0) is 90.6 Å². The topological polar surface area (TPSA) is 237 Å². The summed E-state index contributed by atoms with van der Waals surface area (Å²) in [6.07, 6.45) is -0.336. The molecule has 7 rings (SSSR count). The molecule has 6 aromatic carbocycles. The van der Waals surface area contributed by atoms with Gasteiger partial charge in [-0.1, -0.05) is 84.4 Å². The summed E-state index contributed by atoms with van der Waals surface area (Å²) in [7, 11) is 2.77. The number of thioether (sulfide) groups is 1. The third kappa shape index (κ3) is 12.7. The average molecular weight is 976 g/mol. The molecule has 3 amide bonds. The number of aliphatic carboxylic acids is 1. The number of rotatable bonds is 16. The molecule has 0 saturated carbocycles. The number of nitrogens with zero attached hydrogens (tertiary/aromatic N) is 5. The van der Waals surface area contributed by atoms with Crippen molar-refractivity contribution in [1.82, 2.24) is 30.0 Å². The normalized spacial score (nSPS) is 10.7. The van der Waals surface area contributed by atoms with E-state index in [9.17, 15) is 34.2 Å². The average Bonchev–Trinajstić information content (AvgIpc) is 3.65. The molecule has 0 aliphatic carbocycles. The predicted octanol–water partition coefficient (Wildman–Crippen LogP) is 7.93. The minimum absolute atomic E-state index is 0.00376. The lowest BCUT2D eigenvalue weighted by atomic mass is 10.0. The van der Waals surface area contributed by atoms with Crippen LogP contribution in [-0.2, 0) is 28.0 Å². The van der Waals surface area contributed by atoms with Crippen molar-refractivity contribution in [2.45, 2.75) is 38.8 Å². The maximum atomic E-state index is 13.3. The van der Waals surface area contributed by atoms with Gasteiger partial charge in [0, 0.05) is 40.3 Å². The lowest BCUT2D eigenvalue weighted by molar-refractivity contribution is -0.141. The fourth-order valence-corrected chi connectivity index (χ4v) is 7.86. The monoisotopic (exact) mass is 975 g/mol. The number of carboxylic acids is 1. The molecular formula is C49H49N7O11S2. The number of phenolic OH excluding ortho intramolecular Hbond substituents is 2. The lowest BCUT2D eigenvalue weighted by Gasteiger charge is -2.21. The van der Waals surface area contributed by atoms with Gasteiger partial charge < -0.3 is 40.2 Å². The number of aromatic hydroxyl groups is 2. The Kier molecular flexibility index (Phi) is 16.9. The number of ether oxygens (including phenoxy) is 3. The molecular weight excluding hydrogens is 927 g/mol. The maximum Gasteiger partial charge on any atom is 0.417 e. The molecule has 18 nitrogen and oxygen atoms in total. The van der Waals surface area contributed by atoms with Crippen molar-refractivity contribution in [3.05, 3.63) is 136 Å². The molecule has 1 aromatic heterocycles. The number of fused-ring (bicyclic) bond motifs is 2. The van der Waals surface area contributed by atoms with Crippen molar-refractivity contribution >= 4 is 81.1 Å². The summed E-state index contributed by atoms with van der Waals surface area (Å²) in [6.45, 7) is 5.97. The number of benzene rings is 6. The number of hydrogen-bond donors (Lipinski definition) is 5. The van der Waals surface area contributed by atoms with E-state index in [1.807, 2.05) is 51.1 Å². The van der Waals surface area contributed by atoms with Crippen molar-refractivity contribution in [1.29, 1.82) is 0 Å². The summed E-state index contributed by atoms with van der Waals surface area (Å²) in [5, 5.41) is 45.6. The summed E-state index contributed by atoms with van der Waals surface area (Å²) in [4.78, 5) is 63.8. The van der Waals surface area contributed by atoms with Crippen LogP contribution < -0.4 is 20.1 Å². The Bertz CT molecular complexity index is 3120. The Morgan fingerprint density at radius 3 is 2.04 bits per heavy atom. The summed E-state index contributed by atoms with van der Waals surface area (Å²) in [5.74, 6) is -2.36. The number of carbonyl (C=O) groups is 5. The molecule has 0 radical (unpaired) electrons. The SMILES string of the molecule is COC(=O)CN(Cn1nnn(C)c1=S)C(=O)Oc1cc(C(=O)Nc2ccccc2C)c(O)c2ccccc12.Cc1ccc(OCCCNC(=O)c2cc(SCC(=O)O)c3ccccc3c2O)c(C)c1. The third-order valence-electron chi connectivity index (χ3n) is 10.5. The van der Waals surface area contributed by atoms with Crippen molar-refractivity contribution in [3.63, 3.8) is 0 Å². The molecule has 0 spiro atoms. The minimum Gasteiger partial charge on any atom is -0.506 e. The van der Waals surface area contributed by atoms with Crippen LogP contribution in [0.3, 0.4) is 0 Å². The highest BCUT2D eigenvalue weighted by Gasteiger charge is 2.25. The van der Waals surface area contributed by atoms with Crippen LogP contribution in [0.15, 0.2) is 108 Å². The van der Waals surface area contributed by atoms with Crippen LogP contribution in [-0.4, -0.2) is 102 Å². The summed E-state index contributed by atoms with van der Waals surface area (Å²) in [6, 6.07) is 29.7. The second-order valence-electron chi connectivity index (χ2n) is 15.5. The molecule has 0 atom stereocenters. The van der Waals surface area contributed by atoms with Gasteiger partial charge in [-0.3, -0.25) is 24.1 Å². The largest absolute Gasteiger partial charge is 0.506 e. The van der Waals surface area contributed by atoms with Gasteiger partial charge in [0.1, 0.15) is 36.2 Å². The first-order valence-electron chi connectivity index (χ1n) is 21.3. The maximum absolute atomic E-state index is 13.3. The van der Waals surface area contributed by atoms with E-state index in [0.717, 1.165) is 33.5 Å². The van der Waals surface area contributed by atoms with Crippen molar-refractivity contribution in [2.24, 2.45) is 7.05 Å². The van der Waals surface area contributed by atoms with Crippen LogP contribution in [0, 0.1) is 25.5 Å².